The Hall–Kier alpha value is -2.51. The summed E-state index contributed by atoms with van der Waals surface area (Å²) in [4.78, 5) is 21.2. The van der Waals surface area contributed by atoms with Gasteiger partial charge in [-0.1, -0.05) is 0 Å². The van der Waals surface area contributed by atoms with Crippen molar-refractivity contribution < 1.29 is 14.3 Å². The number of piperidine rings is 1. The van der Waals surface area contributed by atoms with E-state index < -0.39 is 11.8 Å². The van der Waals surface area contributed by atoms with Crippen LogP contribution in [0.15, 0.2) is 18.5 Å². The molecule has 0 aromatic carbocycles. The summed E-state index contributed by atoms with van der Waals surface area (Å²) in [7, 11) is 1.72. The van der Waals surface area contributed by atoms with Gasteiger partial charge < -0.3 is 10.0 Å². The minimum atomic E-state index is -0.768. The van der Waals surface area contributed by atoms with E-state index in [2.05, 4.69) is 15.1 Å². The van der Waals surface area contributed by atoms with Crippen LogP contribution < -0.4 is 4.90 Å². The van der Waals surface area contributed by atoms with Gasteiger partial charge in [0.05, 0.1) is 17.8 Å². The van der Waals surface area contributed by atoms with Gasteiger partial charge in [0.15, 0.2) is 5.82 Å². The zero-order valence-electron chi connectivity index (χ0n) is 12.1. The summed E-state index contributed by atoms with van der Waals surface area (Å²) in [5.41, 5.74) is 0.770. The predicted molar refractivity (Wildman–Crippen MR) is 76.8 cm³/mol. The fourth-order valence-corrected chi connectivity index (χ4v) is 2.62. The number of halogens is 1. The molecule has 3 heterocycles. The second-order valence-corrected chi connectivity index (χ2v) is 5.31. The third-order valence-electron chi connectivity index (χ3n) is 3.92. The molecule has 1 saturated heterocycles. The molecule has 7 nitrogen and oxygen atoms in total. The minimum Gasteiger partial charge on any atom is -0.481 e. The monoisotopic (exact) mass is 305 g/mol. The number of rotatable bonds is 3. The third-order valence-corrected chi connectivity index (χ3v) is 3.92. The van der Waals surface area contributed by atoms with Crippen LogP contribution >= 0.6 is 0 Å². The van der Waals surface area contributed by atoms with Crippen molar-refractivity contribution in [1.29, 1.82) is 0 Å². The van der Waals surface area contributed by atoms with Crippen LogP contribution in [0, 0.1) is 11.7 Å². The number of hydrogen-bond acceptors (Lipinski definition) is 5. The number of hydrogen-bond donors (Lipinski definition) is 1. The SMILES string of the molecule is Cn1nccc1-c1nc(N2CCC(C(=O)O)CC2)ncc1F. The van der Waals surface area contributed by atoms with E-state index in [-0.39, 0.29) is 11.6 Å². The van der Waals surface area contributed by atoms with Crippen molar-refractivity contribution in [2.75, 3.05) is 18.0 Å². The highest BCUT2D eigenvalue weighted by molar-refractivity contribution is 5.70. The standard InChI is InChI=1S/C14H16FN5O2/c1-19-11(2-5-17-19)12-10(15)8-16-14(18-12)20-6-3-9(4-7-20)13(21)22/h2,5,8-9H,3-4,6-7H2,1H3,(H,21,22). The molecule has 0 saturated carbocycles. The topological polar surface area (TPSA) is 84.1 Å². The van der Waals surface area contributed by atoms with Crippen LogP contribution in [-0.2, 0) is 11.8 Å². The highest BCUT2D eigenvalue weighted by atomic mass is 19.1. The largest absolute Gasteiger partial charge is 0.481 e. The van der Waals surface area contributed by atoms with E-state index in [0.29, 0.717) is 37.6 Å². The average Bonchev–Trinajstić information content (AvgIpc) is 2.94. The van der Waals surface area contributed by atoms with Crippen LogP contribution in [0.25, 0.3) is 11.4 Å². The summed E-state index contributed by atoms with van der Waals surface area (Å²) in [5, 5.41) is 13.0. The van der Waals surface area contributed by atoms with Crippen LogP contribution in [-0.4, -0.2) is 43.9 Å². The van der Waals surface area contributed by atoms with Crippen molar-refractivity contribution >= 4 is 11.9 Å². The Morgan fingerprint density at radius 3 is 2.73 bits per heavy atom. The van der Waals surface area contributed by atoms with Gasteiger partial charge in [0, 0.05) is 26.3 Å². The fourth-order valence-electron chi connectivity index (χ4n) is 2.62. The maximum Gasteiger partial charge on any atom is 0.306 e. The maximum absolute atomic E-state index is 14.0. The number of aromatic nitrogens is 4. The molecule has 0 atom stereocenters. The Labute approximate surface area is 126 Å². The van der Waals surface area contributed by atoms with E-state index in [0.717, 1.165) is 6.20 Å². The smallest absolute Gasteiger partial charge is 0.306 e. The molecule has 0 spiro atoms. The van der Waals surface area contributed by atoms with Crippen LogP contribution in [0.2, 0.25) is 0 Å². The molecule has 0 unspecified atom stereocenters. The van der Waals surface area contributed by atoms with Gasteiger partial charge in [-0.25, -0.2) is 14.4 Å². The number of carboxylic acids is 1. The summed E-state index contributed by atoms with van der Waals surface area (Å²) in [5.74, 6) is -1.18. The van der Waals surface area contributed by atoms with Crippen molar-refractivity contribution in [3.8, 4) is 11.4 Å². The van der Waals surface area contributed by atoms with E-state index in [4.69, 9.17) is 5.11 Å². The third kappa shape index (κ3) is 2.63. The zero-order valence-corrected chi connectivity index (χ0v) is 12.1. The zero-order chi connectivity index (χ0) is 15.7. The predicted octanol–water partition coefficient (Wildman–Crippen LogP) is 1.32. The molecule has 0 bridgehead atoms. The number of aliphatic carboxylic acids is 1. The van der Waals surface area contributed by atoms with Gasteiger partial charge in [-0.2, -0.15) is 5.10 Å². The molecule has 1 aliphatic heterocycles. The molecule has 8 heteroatoms. The van der Waals surface area contributed by atoms with E-state index in [1.807, 2.05) is 4.90 Å². The highest BCUT2D eigenvalue weighted by Gasteiger charge is 2.26. The van der Waals surface area contributed by atoms with Crippen LogP contribution in [0.5, 0.6) is 0 Å². The second-order valence-electron chi connectivity index (χ2n) is 5.31. The molecular weight excluding hydrogens is 289 g/mol. The lowest BCUT2D eigenvalue weighted by atomic mass is 9.97. The molecule has 22 heavy (non-hydrogen) atoms. The van der Waals surface area contributed by atoms with E-state index in [1.54, 1.807) is 24.0 Å². The molecule has 3 rings (SSSR count). The number of nitrogens with zero attached hydrogens (tertiary/aromatic N) is 5. The summed E-state index contributed by atoms with van der Waals surface area (Å²) >= 11 is 0. The Morgan fingerprint density at radius 2 is 2.14 bits per heavy atom. The molecule has 116 valence electrons. The first kappa shape index (κ1) is 14.4. The van der Waals surface area contributed by atoms with Gasteiger partial charge in [0.2, 0.25) is 5.95 Å². The molecule has 0 amide bonds. The van der Waals surface area contributed by atoms with E-state index in [1.165, 1.54) is 0 Å². The lowest BCUT2D eigenvalue weighted by molar-refractivity contribution is -0.142. The quantitative estimate of drug-likeness (QED) is 0.920. The lowest BCUT2D eigenvalue weighted by Gasteiger charge is -2.30. The Bertz CT molecular complexity index is 694. The molecular formula is C14H16FN5O2. The van der Waals surface area contributed by atoms with Gasteiger partial charge in [-0.05, 0) is 18.9 Å². The number of aryl methyl sites for hydroxylation is 1. The Balaban J connectivity index is 1.84. The number of carbonyl (C=O) groups is 1. The second kappa shape index (κ2) is 5.70. The van der Waals surface area contributed by atoms with Gasteiger partial charge in [0.25, 0.3) is 0 Å². The Kier molecular flexibility index (Phi) is 3.74. The van der Waals surface area contributed by atoms with Crippen molar-refractivity contribution in [2.45, 2.75) is 12.8 Å². The molecule has 0 radical (unpaired) electrons. The van der Waals surface area contributed by atoms with Crippen LogP contribution in [0.4, 0.5) is 10.3 Å². The fraction of sp³-hybridized carbons (Fsp3) is 0.429. The van der Waals surface area contributed by atoms with Crippen molar-refractivity contribution in [1.82, 2.24) is 19.7 Å². The van der Waals surface area contributed by atoms with E-state index >= 15 is 0 Å². The Morgan fingerprint density at radius 1 is 1.41 bits per heavy atom. The highest BCUT2D eigenvalue weighted by Crippen LogP contribution is 2.24. The average molecular weight is 305 g/mol. The first-order valence-electron chi connectivity index (χ1n) is 7.05. The molecule has 1 fully saturated rings. The summed E-state index contributed by atoms with van der Waals surface area (Å²) in [6, 6.07) is 1.69. The first-order valence-corrected chi connectivity index (χ1v) is 7.05. The summed E-state index contributed by atoms with van der Waals surface area (Å²) < 4.78 is 15.5. The number of carboxylic acid groups (broad SMARTS) is 1. The van der Waals surface area contributed by atoms with Crippen LogP contribution in [0.1, 0.15) is 12.8 Å². The lowest BCUT2D eigenvalue weighted by Crippen LogP contribution is -2.37. The van der Waals surface area contributed by atoms with Crippen molar-refractivity contribution in [3.63, 3.8) is 0 Å². The van der Waals surface area contributed by atoms with Gasteiger partial charge in [-0.15, -0.1) is 0 Å². The van der Waals surface area contributed by atoms with Gasteiger partial charge in [0.1, 0.15) is 5.69 Å². The minimum absolute atomic E-state index is 0.199. The first-order chi connectivity index (χ1) is 10.6. The van der Waals surface area contributed by atoms with Crippen molar-refractivity contribution in [2.24, 2.45) is 13.0 Å². The summed E-state index contributed by atoms with van der Waals surface area (Å²) in [6.45, 7) is 1.10. The molecule has 1 N–H and O–H groups in total. The molecule has 0 aliphatic carbocycles. The normalized spacial score (nSPS) is 16.0. The van der Waals surface area contributed by atoms with Gasteiger partial charge >= 0.3 is 5.97 Å². The molecule has 2 aromatic heterocycles. The number of anilines is 1. The van der Waals surface area contributed by atoms with Crippen LogP contribution in [0.3, 0.4) is 0 Å². The van der Waals surface area contributed by atoms with Gasteiger partial charge in [-0.3, -0.25) is 9.48 Å². The van der Waals surface area contributed by atoms with E-state index in [9.17, 15) is 9.18 Å². The summed E-state index contributed by atoms with van der Waals surface area (Å²) in [6.07, 6.45) is 3.80. The maximum atomic E-state index is 14.0. The van der Waals surface area contributed by atoms with Crippen molar-refractivity contribution in [3.05, 3.63) is 24.3 Å². The molecule has 1 aliphatic rings. The molecule has 2 aromatic rings.